The summed E-state index contributed by atoms with van der Waals surface area (Å²) < 4.78 is 12.1. The number of carbonyl (C=O) groups excluding carboxylic acids is 3. The number of alkyl carbamates (subject to hydrolysis) is 1. The van der Waals surface area contributed by atoms with Gasteiger partial charge in [0.2, 0.25) is 18.5 Å². The van der Waals surface area contributed by atoms with E-state index in [1.54, 1.807) is 7.05 Å². The molecular formula is C27H39N5O4S. The van der Waals surface area contributed by atoms with E-state index in [1.807, 2.05) is 12.1 Å². The molecular weight excluding hydrogens is 490 g/mol. The van der Waals surface area contributed by atoms with Crippen LogP contribution in [0.3, 0.4) is 0 Å². The van der Waals surface area contributed by atoms with E-state index < -0.39 is 6.09 Å². The second-order valence-corrected chi connectivity index (χ2v) is 11.2. The number of nitrogens with zero attached hydrogens (tertiary/aromatic N) is 4. The molecule has 3 amide bonds. The largest absolute Gasteiger partial charge is 0.411 e. The van der Waals surface area contributed by atoms with Gasteiger partial charge in [-0.25, -0.2) is 4.79 Å². The van der Waals surface area contributed by atoms with Crippen LogP contribution in [0.2, 0.25) is 0 Å². The van der Waals surface area contributed by atoms with Crippen LogP contribution in [0.25, 0.3) is 10.1 Å². The topological polar surface area (TPSA) is 91.8 Å². The Balaban J connectivity index is 0.00000320. The summed E-state index contributed by atoms with van der Waals surface area (Å²) >= 11 is 1.53. The highest BCUT2D eigenvalue weighted by Crippen LogP contribution is 2.38. The predicted octanol–water partition coefficient (Wildman–Crippen LogP) is 3.65. The highest BCUT2D eigenvalue weighted by atomic mass is 32.1. The fourth-order valence-electron chi connectivity index (χ4n) is 6.06. The molecule has 1 aromatic heterocycles. The molecule has 1 saturated carbocycles. The van der Waals surface area contributed by atoms with Crippen molar-refractivity contribution >= 4 is 45.3 Å². The van der Waals surface area contributed by atoms with Gasteiger partial charge in [0.15, 0.2) is 5.82 Å². The Morgan fingerprint density at radius 3 is 2.46 bits per heavy atom. The minimum absolute atomic E-state index is 0. The van der Waals surface area contributed by atoms with Gasteiger partial charge in [-0.3, -0.25) is 19.0 Å². The molecule has 3 heterocycles. The Hall–Kier alpha value is -2.72. The molecule has 0 bridgehead atoms. The number of rotatable bonds is 8. The number of nitrogens with one attached hydrogen (secondary N) is 1. The summed E-state index contributed by atoms with van der Waals surface area (Å²) in [5.74, 6) is 0.954. The first kappa shape index (κ1) is 27.3. The molecule has 1 aliphatic carbocycles. The number of likely N-dealkylation sites (tertiary alicyclic amines) is 1. The Bertz CT molecular complexity index is 1090. The van der Waals surface area contributed by atoms with E-state index in [2.05, 4.69) is 22.3 Å². The van der Waals surface area contributed by atoms with Crippen LogP contribution < -0.4 is 10.2 Å². The van der Waals surface area contributed by atoms with E-state index in [0.29, 0.717) is 17.8 Å². The quantitative estimate of drug-likeness (QED) is 0.243. The average Bonchev–Trinajstić information content (AvgIpc) is 3.45. The van der Waals surface area contributed by atoms with E-state index in [9.17, 15) is 14.4 Å². The fraction of sp³-hybridized carbons (Fsp3) is 0.593. The lowest BCUT2D eigenvalue weighted by Gasteiger charge is -2.44. The van der Waals surface area contributed by atoms with Crippen molar-refractivity contribution in [2.75, 3.05) is 57.9 Å². The number of imide groups is 1. The van der Waals surface area contributed by atoms with Crippen LogP contribution in [0.4, 0.5) is 10.6 Å². The molecule has 2 unspecified atom stereocenters. The summed E-state index contributed by atoms with van der Waals surface area (Å²) in [5, 5.41) is 3.72. The minimum atomic E-state index is -0.420. The smallest absolute Gasteiger partial charge is 0.399 e. The van der Waals surface area contributed by atoms with Crippen LogP contribution in [0.1, 0.15) is 38.5 Å². The van der Waals surface area contributed by atoms with Gasteiger partial charge >= 0.3 is 6.09 Å². The Morgan fingerprint density at radius 1 is 1.11 bits per heavy atom. The third-order valence-corrected chi connectivity index (χ3v) is 9.03. The third kappa shape index (κ3) is 5.60. The number of benzene rings is 1. The number of hydrogen-bond donors (Lipinski definition) is 1. The normalized spacial score (nSPS) is 23.1. The first-order valence-electron chi connectivity index (χ1n) is 13.2. The van der Waals surface area contributed by atoms with Gasteiger partial charge in [0.25, 0.3) is 0 Å². The number of amides is 3. The monoisotopic (exact) mass is 529 g/mol. The average molecular weight is 530 g/mol. The van der Waals surface area contributed by atoms with Crippen LogP contribution in [0.5, 0.6) is 0 Å². The van der Waals surface area contributed by atoms with Crippen LogP contribution in [0.15, 0.2) is 24.3 Å². The Labute approximate surface area is 223 Å². The SMILES string of the molecule is CNC(=O)OC[N+]1(CCCCN2C(=O)C3CCCCC3C2=O)CCN(c2nsc3ccccc23)CC1.[CH3-]. The van der Waals surface area contributed by atoms with Crippen molar-refractivity contribution < 1.29 is 23.6 Å². The van der Waals surface area contributed by atoms with Gasteiger partial charge in [-0.2, -0.15) is 4.37 Å². The van der Waals surface area contributed by atoms with Crippen molar-refractivity contribution in [1.29, 1.82) is 0 Å². The highest BCUT2D eigenvalue weighted by molar-refractivity contribution is 7.13. The number of quaternary nitrogens is 1. The summed E-state index contributed by atoms with van der Waals surface area (Å²) in [4.78, 5) is 41.3. The number of carbonyl (C=O) groups is 3. The lowest BCUT2D eigenvalue weighted by atomic mass is 9.81. The molecule has 1 aromatic carbocycles. The van der Waals surface area contributed by atoms with Crippen molar-refractivity contribution in [3.05, 3.63) is 31.7 Å². The first-order valence-corrected chi connectivity index (χ1v) is 13.9. The Kier molecular flexibility index (Phi) is 8.69. The lowest BCUT2D eigenvalue weighted by Crippen LogP contribution is -2.61. The van der Waals surface area contributed by atoms with Crippen LogP contribution >= 0.6 is 11.5 Å². The maximum atomic E-state index is 12.8. The molecule has 5 rings (SSSR count). The first-order chi connectivity index (χ1) is 17.5. The fourth-order valence-corrected chi connectivity index (χ4v) is 6.85. The van der Waals surface area contributed by atoms with Crippen LogP contribution in [0, 0.1) is 19.3 Å². The molecule has 2 saturated heterocycles. The van der Waals surface area contributed by atoms with E-state index in [0.717, 1.165) is 77.1 Å². The van der Waals surface area contributed by atoms with E-state index in [-0.39, 0.29) is 31.1 Å². The third-order valence-electron chi connectivity index (χ3n) is 8.22. The molecule has 3 fully saturated rings. The number of fused-ring (bicyclic) bond motifs is 2. The standard InChI is InChI=1S/C26H35N5O4S.CH3/c1-27-26(34)35-18-31(15-7-6-12-30-24(32)19-8-2-3-9-20(19)25(30)33)16-13-29(14-17-31)23-21-10-4-5-11-22(21)36-28-23;/h4-5,10-11,19-20H,2-3,6-9,12-18H2,1H3;1H3/q;-1/p+1. The summed E-state index contributed by atoms with van der Waals surface area (Å²) in [6.45, 7) is 5.00. The zero-order valence-corrected chi connectivity index (χ0v) is 22.8. The molecule has 9 nitrogen and oxygen atoms in total. The van der Waals surface area contributed by atoms with Crippen molar-refractivity contribution in [3.8, 4) is 0 Å². The molecule has 2 aromatic rings. The van der Waals surface area contributed by atoms with Gasteiger partial charge in [-0.1, -0.05) is 25.0 Å². The predicted molar refractivity (Wildman–Crippen MR) is 145 cm³/mol. The van der Waals surface area contributed by atoms with Gasteiger partial charge < -0.3 is 22.4 Å². The second-order valence-electron chi connectivity index (χ2n) is 10.3. The van der Waals surface area contributed by atoms with E-state index in [4.69, 9.17) is 9.11 Å². The summed E-state index contributed by atoms with van der Waals surface area (Å²) in [7, 11) is 1.57. The molecule has 0 radical (unpaired) electrons. The summed E-state index contributed by atoms with van der Waals surface area (Å²) in [5.41, 5.74) is 0. The zero-order chi connectivity index (χ0) is 25.1. The Morgan fingerprint density at radius 2 is 1.78 bits per heavy atom. The molecule has 202 valence electrons. The summed E-state index contributed by atoms with van der Waals surface area (Å²) in [6.07, 6.45) is 5.03. The number of aromatic nitrogens is 1. The maximum Gasteiger partial charge on any atom is 0.411 e. The van der Waals surface area contributed by atoms with E-state index >= 15 is 0 Å². The molecule has 2 atom stereocenters. The van der Waals surface area contributed by atoms with Crippen LogP contribution in [-0.4, -0.2) is 84.7 Å². The maximum absolute atomic E-state index is 12.8. The molecule has 1 N–H and O–H groups in total. The van der Waals surface area contributed by atoms with E-state index in [1.165, 1.54) is 26.5 Å². The van der Waals surface area contributed by atoms with Gasteiger partial charge in [0.1, 0.15) is 0 Å². The van der Waals surface area contributed by atoms with Crippen molar-refractivity contribution in [1.82, 2.24) is 14.6 Å². The van der Waals surface area contributed by atoms with Crippen molar-refractivity contribution in [2.24, 2.45) is 11.8 Å². The summed E-state index contributed by atoms with van der Waals surface area (Å²) in [6, 6.07) is 8.31. The van der Waals surface area contributed by atoms with Gasteiger partial charge in [-0.15, -0.1) is 0 Å². The number of piperazine rings is 1. The molecule has 3 aliphatic rings. The molecule has 2 aliphatic heterocycles. The number of unbranched alkanes of at least 4 members (excludes halogenated alkanes) is 1. The number of anilines is 1. The van der Waals surface area contributed by atoms with Gasteiger partial charge in [-0.05, 0) is 49.3 Å². The number of ether oxygens (including phenoxy) is 1. The second kappa shape index (κ2) is 11.8. The zero-order valence-electron chi connectivity index (χ0n) is 22.0. The number of hydrogen-bond acceptors (Lipinski definition) is 7. The molecule has 37 heavy (non-hydrogen) atoms. The molecule has 0 spiro atoms. The van der Waals surface area contributed by atoms with Crippen molar-refractivity contribution in [3.63, 3.8) is 0 Å². The van der Waals surface area contributed by atoms with Gasteiger partial charge in [0, 0.05) is 19.0 Å². The lowest BCUT2D eigenvalue weighted by molar-refractivity contribution is -0.944. The van der Waals surface area contributed by atoms with Crippen LogP contribution in [-0.2, 0) is 14.3 Å². The van der Waals surface area contributed by atoms with Gasteiger partial charge in [0.05, 0.1) is 49.3 Å². The van der Waals surface area contributed by atoms with Crippen molar-refractivity contribution in [2.45, 2.75) is 38.5 Å². The highest BCUT2D eigenvalue weighted by Gasteiger charge is 2.47. The molecule has 10 heteroatoms. The minimum Gasteiger partial charge on any atom is -0.399 e.